The predicted octanol–water partition coefficient (Wildman–Crippen LogP) is 2.56. The van der Waals surface area contributed by atoms with Gasteiger partial charge in [-0.15, -0.1) is 0 Å². The third-order valence-electron chi connectivity index (χ3n) is 4.09. The zero-order valence-electron chi connectivity index (χ0n) is 16.5. The minimum atomic E-state index is -3.67. The molecule has 28 heavy (non-hydrogen) atoms. The lowest BCUT2D eigenvalue weighted by Crippen LogP contribution is -2.47. The third-order valence-corrected chi connectivity index (χ3v) is 5.33. The fourth-order valence-corrected chi connectivity index (χ4v) is 3.96. The number of hydrogen-bond acceptors (Lipinski definition) is 5. The number of ether oxygens (including phenoxy) is 2. The molecule has 2 aromatic carbocycles. The van der Waals surface area contributed by atoms with Gasteiger partial charge in [0.2, 0.25) is 15.9 Å². The van der Waals surface area contributed by atoms with Crippen LogP contribution in [0.2, 0.25) is 0 Å². The Balaban J connectivity index is 2.14. The van der Waals surface area contributed by atoms with E-state index >= 15 is 0 Å². The molecule has 0 saturated heterocycles. The van der Waals surface area contributed by atoms with Crippen molar-refractivity contribution in [1.29, 1.82) is 0 Å². The number of carbonyl (C=O) groups is 1. The first-order valence-electron chi connectivity index (χ1n) is 8.89. The van der Waals surface area contributed by atoms with Crippen molar-refractivity contribution >= 4 is 21.6 Å². The van der Waals surface area contributed by atoms with Gasteiger partial charge < -0.3 is 14.8 Å². The average molecular weight is 407 g/mol. The van der Waals surface area contributed by atoms with Gasteiger partial charge in [0, 0.05) is 6.54 Å². The molecule has 0 unspecified atom stereocenters. The molecule has 0 aliphatic carbocycles. The van der Waals surface area contributed by atoms with Gasteiger partial charge in [0.1, 0.15) is 17.5 Å². The maximum absolute atomic E-state index is 12.6. The van der Waals surface area contributed by atoms with Crippen LogP contribution in [0.1, 0.15) is 19.4 Å². The van der Waals surface area contributed by atoms with Gasteiger partial charge >= 0.3 is 0 Å². The zero-order valence-corrected chi connectivity index (χ0v) is 17.3. The molecular weight excluding hydrogens is 380 g/mol. The molecule has 152 valence electrons. The number of carbonyl (C=O) groups excluding carboxylic acids is 1. The number of sulfonamides is 1. The maximum atomic E-state index is 12.6. The van der Waals surface area contributed by atoms with Crippen LogP contribution in [0.5, 0.6) is 11.5 Å². The molecular formula is C20H26N2O5S. The Kier molecular flexibility index (Phi) is 7.28. The van der Waals surface area contributed by atoms with E-state index < -0.39 is 22.0 Å². The van der Waals surface area contributed by atoms with Gasteiger partial charge in [-0.2, -0.15) is 0 Å². The van der Waals surface area contributed by atoms with E-state index in [9.17, 15) is 13.2 Å². The summed E-state index contributed by atoms with van der Waals surface area (Å²) in [5, 5.41) is 2.79. The second kappa shape index (κ2) is 9.45. The lowest BCUT2D eigenvalue weighted by Gasteiger charge is -2.28. The third kappa shape index (κ3) is 5.63. The molecule has 0 aliphatic heterocycles. The van der Waals surface area contributed by atoms with Crippen molar-refractivity contribution in [2.45, 2.75) is 26.4 Å². The second-order valence-electron chi connectivity index (χ2n) is 6.23. The van der Waals surface area contributed by atoms with Crippen molar-refractivity contribution in [3.8, 4) is 11.5 Å². The van der Waals surface area contributed by atoms with Crippen molar-refractivity contribution in [2.24, 2.45) is 0 Å². The highest BCUT2D eigenvalue weighted by atomic mass is 32.2. The SMILES string of the molecule is CCOc1cccc(CNC(=O)[C@H](C)N(c2ccc(OC)cc2)S(C)(=O)=O)c1. The van der Waals surface area contributed by atoms with E-state index in [2.05, 4.69) is 5.32 Å². The van der Waals surface area contributed by atoms with Crippen LogP contribution in [-0.4, -0.2) is 40.3 Å². The number of methoxy groups -OCH3 is 1. The van der Waals surface area contributed by atoms with E-state index in [0.717, 1.165) is 21.9 Å². The Hall–Kier alpha value is -2.74. The van der Waals surface area contributed by atoms with Crippen molar-refractivity contribution in [3.63, 3.8) is 0 Å². The van der Waals surface area contributed by atoms with Crippen LogP contribution in [0, 0.1) is 0 Å². The normalized spacial score (nSPS) is 12.1. The summed E-state index contributed by atoms with van der Waals surface area (Å²) in [6, 6.07) is 13.0. The molecule has 2 rings (SSSR count). The number of anilines is 1. The molecule has 0 spiro atoms. The van der Waals surface area contributed by atoms with Crippen LogP contribution in [0.15, 0.2) is 48.5 Å². The van der Waals surface area contributed by atoms with Gasteiger partial charge in [-0.05, 0) is 55.8 Å². The number of rotatable bonds is 9. The highest BCUT2D eigenvalue weighted by Gasteiger charge is 2.29. The first-order chi connectivity index (χ1) is 13.3. The fourth-order valence-electron chi connectivity index (χ4n) is 2.79. The number of hydrogen-bond donors (Lipinski definition) is 1. The monoisotopic (exact) mass is 406 g/mol. The summed E-state index contributed by atoms with van der Waals surface area (Å²) in [6.45, 7) is 4.27. The minimum Gasteiger partial charge on any atom is -0.497 e. The van der Waals surface area contributed by atoms with E-state index in [4.69, 9.17) is 9.47 Å². The Morgan fingerprint density at radius 1 is 1.14 bits per heavy atom. The standard InChI is InChI=1S/C20H26N2O5S/c1-5-27-19-8-6-7-16(13-19)14-21-20(23)15(2)22(28(4,24)25)17-9-11-18(26-3)12-10-17/h6-13,15H,5,14H2,1-4H3,(H,21,23)/t15-/m0/s1. The predicted molar refractivity (Wildman–Crippen MR) is 109 cm³/mol. The molecule has 1 amide bonds. The first kappa shape index (κ1) is 21.6. The smallest absolute Gasteiger partial charge is 0.243 e. The van der Waals surface area contributed by atoms with Crippen LogP contribution in [0.4, 0.5) is 5.69 Å². The summed E-state index contributed by atoms with van der Waals surface area (Å²) >= 11 is 0. The Morgan fingerprint density at radius 2 is 1.82 bits per heavy atom. The zero-order chi connectivity index (χ0) is 20.7. The van der Waals surface area contributed by atoms with Gasteiger partial charge in [0.25, 0.3) is 0 Å². The molecule has 1 atom stereocenters. The van der Waals surface area contributed by atoms with Gasteiger partial charge in [-0.3, -0.25) is 9.10 Å². The average Bonchev–Trinajstić information content (AvgIpc) is 2.66. The van der Waals surface area contributed by atoms with Crippen LogP contribution in [0.25, 0.3) is 0 Å². The molecule has 0 bridgehead atoms. The summed E-state index contributed by atoms with van der Waals surface area (Å²) in [6.07, 6.45) is 1.08. The second-order valence-corrected chi connectivity index (χ2v) is 8.09. The number of benzene rings is 2. The summed E-state index contributed by atoms with van der Waals surface area (Å²) < 4.78 is 36.3. The number of nitrogens with one attached hydrogen (secondary N) is 1. The molecule has 0 aliphatic rings. The molecule has 0 fully saturated rings. The molecule has 0 radical (unpaired) electrons. The quantitative estimate of drug-likeness (QED) is 0.692. The Morgan fingerprint density at radius 3 is 2.39 bits per heavy atom. The lowest BCUT2D eigenvalue weighted by atomic mass is 10.2. The molecule has 0 aromatic heterocycles. The molecule has 1 N–H and O–H groups in total. The Bertz CT molecular complexity index is 897. The van der Waals surface area contributed by atoms with Crippen molar-refractivity contribution in [2.75, 3.05) is 24.3 Å². The summed E-state index contributed by atoms with van der Waals surface area (Å²) in [5.41, 5.74) is 1.26. The van der Waals surface area contributed by atoms with E-state index in [1.54, 1.807) is 31.2 Å². The molecule has 0 saturated carbocycles. The topological polar surface area (TPSA) is 84.9 Å². The van der Waals surface area contributed by atoms with Crippen LogP contribution in [-0.2, 0) is 21.4 Å². The molecule has 2 aromatic rings. The van der Waals surface area contributed by atoms with Crippen LogP contribution >= 0.6 is 0 Å². The Labute approximate surface area is 166 Å². The van der Waals surface area contributed by atoms with E-state index in [0.29, 0.717) is 18.0 Å². The van der Waals surface area contributed by atoms with Crippen molar-refractivity contribution in [3.05, 3.63) is 54.1 Å². The number of amides is 1. The maximum Gasteiger partial charge on any atom is 0.243 e. The summed E-state index contributed by atoms with van der Waals surface area (Å²) in [4.78, 5) is 12.6. The van der Waals surface area contributed by atoms with Crippen LogP contribution in [0.3, 0.4) is 0 Å². The van der Waals surface area contributed by atoms with Gasteiger partial charge in [-0.1, -0.05) is 12.1 Å². The summed E-state index contributed by atoms with van der Waals surface area (Å²) in [7, 11) is -2.14. The van der Waals surface area contributed by atoms with Crippen molar-refractivity contribution < 1.29 is 22.7 Å². The van der Waals surface area contributed by atoms with Gasteiger partial charge in [0.15, 0.2) is 0 Å². The van der Waals surface area contributed by atoms with E-state index in [1.165, 1.54) is 7.11 Å². The highest BCUT2D eigenvalue weighted by molar-refractivity contribution is 7.92. The number of nitrogens with zero attached hydrogens (tertiary/aromatic N) is 1. The molecule has 7 nitrogen and oxygen atoms in total. The first-order valence-corrected chi connectivity index (χ1v) is 10.7. The van der Waals surface area contributed by atoms with Crippen LogP contribution < -0.4 is 19.1 Å². The van der Waals surface area contributed by atoms with Gasteiger partial charge in [0.05, 0.1) is 25.7 Å². The van der Waals surface area contributed by atoms with Crippen molar-refractivity contribution in [1.82, 2.24) is 5.32 Å². The largest absolute Gasteiger partial charge is 0.497 e. The minimum absolute atomic E-state index is 0.268. The van der Waals surface area contributed by atoms with E-state index in [1.807, 2.05) is 31.2 Å². The lowest BCUT2D eigenvalue weighted by molar-refractivity contribution is -0.122. The molecule has 8 heteroatoms. The van der Waals surface area contributed by atoms with E-state index in [-0.39, 0.29) is 6.54 Å². The summed E-state index contributed by atoms with van der Waals surface area (Å²) in [5.74, 6) is 0.921. The highest BCUT2D eigenvalue weighted by Crippen LogP contribution is 2.24. The fraction of sp³-hybridized carbons (Fsp3) is 0.350. The molecule has 0 heterocycles. The van der Waals surface area contributed by atoms with Gasteiger partial charge in [-0.25, -0.2) is 8.42 Å².